The zero-order chi connectivity index (χ0) is 25.2. The molecule has 1 fully saturated rings. The first-order chi connectivity index (χ1) is 17.4. The van der Waals surface area contributed by atoms with Crippen LogP contribution in [0.3, 0.4) is 0 Å². The quantitative estimate of drug-likeness (QED) is 0.243. The molecule has 2 aliphatic heterocycles. The summed E-state index contributed by atoms with van der Waals surface area (Å²) in [6.07, 6.45) is 0.364. The van der Waals surface area contributed by atoms with Crippen molar-refractivity contribution < 1.29 is 23.9 Å². The van der Waals surface area contributed by atoms with Crippen molar-refractivity contribution in [3.05, 3.63) is 95.1 Å². The molecule has 180 valence electrons. The van der Waals surface area contributed by atoms with Crippen molar-refractivity contribution in [2.24, 2.45) is 0 Å². The molecule has 4 amide bonds. The van der Waals surface area contributed by atoms with Gasteiger partial charge < -0.3 is 20.7 Å². The highest BCUT2D eigenvalue weighted by Crippen LogP contribution is 2.38. The minimum Gasteiger partial charge on any atom is -0.465 e. The van der Waals surface area contributed by atoms with Crippen molar-refractivity contribution >= 4 is 46.5 Å². The second-order valence-corrected chi connectivity index (χ2v) is 8.36. The Morgan fingerprint density at radius 3 is 2.33 bits per heavy atom. The smallest absolute Gasteiger partial charge is 0.337 e. The number of benzene rings is 3. The summed E-state index contributed by atoms with van der Waals surface area (Å²) in [4.78, 5) is 48.2. The van der Waals surface area contributed by atoms with Crippen LogP contribution in [0, 0.1) is 0 Å². The minimum absolute atomic E-state index is 0.294. The van der Waals surface area contributed by atoms with E-state index in [0.29, 0.717) is 34.5 Å². The first-order valence-electron chi connectivity index (χ1n) is 11.2. The number of hydrogen-bond acceptors (Lipinski definition) is 6. The van der Waals surface area contributed by atoms with Crippen molar-refractivity contribution in [2.75, 3.05) is 17.7 Å². The van der Waals surface area contributed by atoms with E-state index < -0.39 is 18.0 Å². The average Bonchev–Trinajstić information content (AvgIpc) is 3.39. The van der Waals surface area contributed by atoms with E-state index in [1.807, 2.05) is 54.6 Å². The van der Waals surface area contributed by atoms with E-state index in [1.165, 1.54) is 7.11 Å². The van der Waals surface area contributed by atoms with Crippen molar-refractivity contribution in [3.8, 4) is 0 Å². The summed E-state index contributed by atoms with van der Waals surface area (Å²) in [5.74, 6) is -1.13. The zero-order valence-corrected chi connectivity index (χ0v) is 19.3. The number of rotatable bonds is 6. The number of imide groups is 1. The Morgan fingerprint density at radius 2 is 1.67 bits per heavy atom. The fraction of sp³-hybridized carbons (Fsp3) is 0.111. The Morgan fingerprint density at radius 1 is 0.917 bits per heavy atom. The molecule has 4 N–H and O–H groups in total. The molecule has 2 heterocycles. The third-order valence-corrected chi connectivity index (χ3v) is 6.02. The van der Waals surface area contributed by atoms with Crippen LogP contribution in [-0.4, -0.2) is 37.0 Å². The molecule has 0 bridgehead atoms. The van der Waals surface area contributed by atoms with Crippen LogP contribution in [-0.2, 0) is 20.7 Å². The molecular formula is C27H22N4O5. The molecule has 2 aliphatic rings. The van der Waals surface area contributed by atoms with Crippen LogP contribution in [0.25, 0.3) is 11.3 Å². The lowest BCUT2D eigenvalue weighted by molar-refractivity contribution is -0.120. The van der Waals surface area contributed by atoms with Gasteiger partial charge in [-0.25, -0.2) is 9.59 Å². The molecule has 9 nitrogen and oxygen atoms in total. The van der Waals surface area contributed by atoms with Crippen LogP contribution in [0.1, 0.15) is 27.0 Å². The molecule has 0 aliphatic carbocycles. The normalized spacial score (nSPS) is 17.6. The molecule has 9 heteroatoms. The van der Waals surface area contributed by atoms with E-state index in [4.69, 9.17) is 4.74 Å². The Bertz CT molecular complexity index is 1410. The highest BCUT2D eigenvalue weighted by atomic mass is 16.5. The number of nitrogens with one attached hydrogen (secondary N) is 4. The number of hydrogen-bond donors (Lipinski definition) is 4. The van der Waals surface area contributed by atoms with Crippen LogP contribution in [0.4, 0.5) is 16.2 Å². The maximum absolute atomic E-state index is 13.1. The molecule has 1 saturated heterocycles. The predicted octanol–water partition coefficient (Wildman–Crippen LogP) is 3.16. The van der Waals surface area contributed by atoms with Gasteiger partial charge in [0, 0.05) is 17.7 Å². The molecular weight excluding hydrogens is 460 g/mol. The summed E-state index contributed by atoms with van der Waals surface area (Å²) in [6.45, 7) is 0. The van der Waals surface area contributed by atoms with Gasteiger partial charge in [0.05, 0.1) is 29.6 Å². The number of fused-ring (bicyclic) bond motifs is 1. The van der Waals surface area contributed by atoms with Crippen LogP contribution >= 0.6 is 0 Å². The van der Waals surface area contributed by atoms with Gasteiger partial charge in [-0.05, 0) is 35.4 Å². The second-order valence-electron chi connectivity index (χ2n) is 8.36. The first kappa shape index (κ1) is 22.9. The number of carbonyl (C=O) groups is 4. The van der Waals surface area contributed by atoms with Gasteiger partial charge in [0.25, 0.3) is 11.8 Å². The first-order valence-corrected chi connectivity index (χ1v) is 11.2. The molecule has 0 radical (unpaired) electrons. The van der Waals surface area contributed by atoms with E-state index in [2.05, 4.69) is 21.3 Å². The third-order valence-electron chi connectivity index (χ3n) is 6.02. The second kappa shape index (κ2) is 9.38. The monoisotopic (exact) mass is 482 g/mol. The maximum Gasteiger partial charge on any atom is 0.337 e. The molecule has 0 saturated carbocycles. The lowest BCUT2D eigenvalue weighted by atomic mass is 9.99. The van der Waals surface area contributed by atoms with Gasteiger partial charge >= 0.3 is 12.0 Å². The molecule has 1 atom stereocenters. The molecule has 0 spiro atoms. The number of anilines is 2. The van der Waals surface area contributed by atoms with Crippen molar-refractivity contribution in [2.45, 2.75) is 12.5 Å². The molecule has 3 aromatic rings. The van der Waals surface area contributed by atoms with Gasteiger partial charge in [-0.1, -0.05) is 48.5 Å². The molecule has 5 rings (SSSR count). The largest absolute Gasteiger partial charge is 0.465 e. The van der Waals surface area contributed by atoms with Gasteiger partial charge in [0.15, 0.2) is 0 Å². The highest BCUT2D eigenvalue weighted by Gasteiger charge is 2.30. The van der Waals surface area contributed by atoms with Gasteiger partial charge in [-0.3, -0.25) is 14.9 Å². The predicted molar refractivity (Wildman–Crippen MR) is 134 cm³/mol. The number of amides is 4. The fourth-order valence-electron chi connectivity index (χ4n) is 4.26. The van der Waals surface area contributed by atoms with Gasteiger partial charge in [-0.15, -0.1) is 0 Å². The average molecular weight is 482 g/mol. The molecule has 3 aromatic carbocycles. The maximum atomic E-state index is 13.1. The SMILES string of the molecule is COC(=O)c1ccc2c(c1)NC(=O)/C2=C(\Nc1ccc(CC2NC(=O)NC2=O)cc1)c1ccccc1. The fourth-order valence-corrected chi connectivity index (χ4v) is 4.26. The van der Waals surface area contributed by atoms with E-state index in [9.17, 15) is 19.2 Å². The molecule has 36 heavy (non-hydrogen) atoms. The summed E-state index contributed by atoms with van der Waals surface area (Å²) in [5, 5.41) is 11.0. The Kier molecular flexibility index (Phi) is 5.95. The number of ether oxygens (including phenoxy) is 1. The summed E-state index contributed by atoms with van der Waals surface area (Å²) in [6, 6.07) is 20.7. The van der Waals surface area contributed by atoms with E-state index in [-0.39, 0.29) is 11.8 Å². The number of methoxy groups -OCH3 is 1. The lowest BCUT2D eigenvalue weighted by Crippen LogP contribution is -2.31. The Balaban J connectivity index is 1.48. The Hall–Kier alpha value is -4.92. The molecule has 0 aromatic heterocycles. The number of urea groups is 1. The topological polar surface area (TPSA) is 126 Å². The molecule has 1 unspecified atom stereocenters. The van der Waals surface area contributed by atoms with Crippen LogP contribution in [0.5, 0.6) is 0 Å². The number of esters is 1. The van der Waals surface area contributed by atoms with Gasteiger partial charge in [0.2, 0.25) is 0 Å². The van der Waals surface area contributed by atoms with Gasteiger partial charge in [0.1, 0.15) is 6.04 Å². The van der Waals surface area contributed by atoms with Crippen LogP contribution in [0.2, 0.25) is 0 Å². The summed E-state index contributed by atoms with van der Waals surface area (Å²) >= 11 is 0. The minimum atomic E-state index is -0.605. The van der Waals surface area contributed by atoms with Crippen LogP contribution < -0.4 is 21.3 Å². The summed E-state index contributed by atoms with van der Waals surface area (Å²) < 4.78 is 4.79. The van der Waals surface area contributed by atoms with E-state index >= 15 is 0 Å². The lowest BCUT2D eigenvalue weighted by Gasteiger charge is -2.15. The van der Waals surface area contributed by atoms with Gasteiger partial charge in [-0.2, -0.15) is 0 Å². The zero-order valence-electron chi connectivity index (χ0n) is 19.3. The van der Waals surface area contributed by atoms with E-state index in [1.54, 1.807) is 18.2 Å². The summed E-state index contributed by atoms with van der Waals surface area (Å²) in [5.41, 5.74) is 5.00. The standard InChI is InChI=1S/C27H22N4O5/c1-36-26(34)17-9-12-19-20(14-17)29-25(33)22(19)23(16-5-3-2-4-6-16)28-18-10-7-15(8-11-18)13-21-24(32)31-27(35)30-21/h2-12,14,21,28H,13H2,1H3,(H,29,33)(H2,30,31,32,35)/b23-22-. The van der Waals surface area contributed by atoms with Crippen LogP contribution in [0.15, 0.2) is 72.8 Å². The third kappa shape index (κ3) is 4.41. The van der Waals surface area contributed by atoms with Crippen molar-refractivity contribution in [1.29, 1.82) is 0 Å². The summed E-state index contributed by atoms with van der Waals surface area (Å²) in [7, 11) is 1.31. The van der Waals surface area contributed by atoms with E-state index in [0.717, 1.165) is 16.8 Å². The highest BCUT2D eigenvalue weighted by molar-refractivity contribution is 6.37. The van der Waals surface area contributed by atoms with Crippen molar-refractivity contribution in [3.63, 3.8) is 0 Å². The van der Waals surface area contributed by atoms with Crippen molar-refractivity contribution in [1.82, 2.24) is 10.6 Å². The number of carbonyl (C=O) groups excluding carboxylic acids is 4. The Labute approximate surface area is 206 Å².